The van der Waals surface area contributed by atoms with Gasteiger partial charge in [-0.2, -0.15) is 0 Å². The van der Waals surface area contributed by atoms with Gasteiger partial charge in [-0.05, 0) is 36.4 Å². The molecule has 2 saturated heterocycles. The highest BCUT2D eigenvalue weighted by molar-refractivity contribution is 5.94. The topological polar surface area (TPSA) is 71.6 Å². The van der Waals surface area contributed by atoms with E-state index in [0.29, 0.717) is 63.9 Å². The maximum Gasteiger partial charge on any atom is 0.260 e. The van der Waals surface area contributed by atoms with Crippen molar-refractivity contribution in [3.63, 3.8) is 0 Å². The van der Waals surface area contributed by atoms with Gasteiger partial charge in [-0.15, -0.1) is 0 Å². The van der Waals surface area contributed by atoms with Crippen molar-refractivity contribution in [3.05, 3.63) is 66.0 Å². The van der Waals surface area contributed by atoms with Crippen LogP contribution in [0, 0.1) is 5.82 Å². The zero-order valence-corrected chi connectivity index (χ0v) is 19.8. The molecule has 0 spiro atoms. The van der Waals surface area contributed by atoms with Crippen LogP contribution in [0.4, 0.5) is 4.39 Å². The van der Waals surface area contributed by atoms with Gasteiger partial charge in [0.1, 0.15) is 11.6 Å². The second-order valence-corrected chi connectivity index (χ2v) is 8.65. The molecule has 2 heterocycles. The molecule has 0 radical (unpaired) electrons. The van der Waals surface area contributed by atoms with Crippen molar-refractivity contribution >= 4 is 11.8 Å². The number of hydrogen-bond donors (Lipinski definition) is 0. The fourth-order valence-electron chi connectivity index (χ4n) is 4.19. The Bertz CT molecular complexity index is 953. The molecule has 0 aromatic heterocycles. The predicted molar refractivity (Wildman–Crippen MR) is 128 cm³/mol. The van der Waals surface area contributed by atoms with Crippen LogP contribution in [0.2, 0.25) is 0 Å². The third-order valence-electron chi connectivity index (χ3n) is 6.19. The van der Waals surface area contributed by atoms with E-state index in [0.717, 1.165) is 13.1 Å². The molecule has 1 atom stereocenters. The van der Waals surface area contributed by atoms with Crippen molar-refractivity contribution in [3.8, 4) is 5.75 Å². The standard InChI is InChI=1S/C26H32FN3O5/c27-22-8-6-21(7-9-22)26(32)30(11-10-28-12-15-33-16-13-28)19-24-18-29(14-17-34-24)25(31)20-35-23-4-2-1-3-5-23/h1-9,24H,10-20H2. The van der Waals surface area contributed by atoms with Crippen LogP contribution in [0.1, 0.15) is 10.4 Å². The van der Waals surface area contributed by atoms with Crippen molar-refractivity contribution in [2.45, 2.75) is 6.10 Å². The molecule has 0 aliphatic carbocycles. The number of carbonyl (C=O) groups excluding carboxylic acids is 2. The quantitative estimate of drug-likeness (QED) is 0.541. The third kappa shape index (κ3) is 7.48. The van der Waals surface area contributed by atoms with E-state index in [4.69, 9.17) is 14.2 Å². The first-order valence-electron chi connectivity index (χ1n) is 12.0. The molecule has 0 bridgehead atoms. The average Bonchev–Trinajstić information content (AvgIpc) is 2.91. The lowest BCUT2D eigenvalue weighted by molar-refractivity contribution is -0.141. The molecule has 1 unspecified atom stereocenters. The summed E-state index contributed by atoms with van der Waals surface area (Å²) in [5, 5.41) is 0. The molecule has 8 nitrogen and oxygen atoms in total. The fraction of sp³-hybridized carbons (Fsp3) is 0.462. The van der Waals surface area contributed by atoms with E-state index in [-0.39, 0.29) is 30.3 Å². The van der Waals surface area contributed by atoms with Gasteiger partial charge in [0.15, 0.2) is 6.61 Å². The summed E-state index contributed by atoms with van der Waals surface area (Å²) in [6.45, 7) is 5.75. The highest BCUT2D eigenvalue weighted by Gasteiger charge is 2.28. The van der Waals surface area contributed by atoms with E-state index in [1.807, 2.05) is 30.3 Å². The minimum atomic E-state index is -0.385. The van der Waals surface area contributed by atoms with Crippen molar-refractivity contribution in [1.29, 1.82) is 0 Å². The number of nitrogens with zero attached hydrogens (tertiary/aromatic N) is 3. The zero-order valence-electron chi connectivity index (χ0n) is 19.8. The Morgan fingerprint density at radius 1 is 1.00 bits per heavy atom. The van der Waals surface area contributed by atoms with Crippen molar-refractivity contribution in [1.82, 2.24) is 14.7 Å². The first-order chi connectivity index (χ1) is 17.1. The largest absolute Gasteiger partial charge is 0.484 e. The summed E-state index contributed by atoms with van der Waals surface area (Å²) >= 11 is 0. The van der Waals surface area contributed by atoms with Crippen molar-refractivity contribution in [2.75, 3.05) is 72.2 Å². The first kappa shape index (κ1) is 25.1. The van der Waals surface area contributed by atoms with E-state index < -0.39 is 0 Å². The van der Waals surface area contributed by atoms with E-state index in [1.165, 1.54) is 24.3 Å². The number of halogens is 1. The Hall–Kier alpha value is -3.01. The number of rotatable bonds is 9. The van der Waals surface area contributed by atoms with Crippen molar-refractivity contribution in [2.24, 2.45) is 0 Å². The minimum absolute atomic E-state index is 0.0496. The summed E-state index contributed by atoms with van der Waals surface area (Å²) in [6.07, 6.45) is -0.321. The van der Waals surface area contributed by atoms with Gasteiger partial charge in [0.2, 0.25) is 0 Å². The lowest BCUT2D eigenvalue weighted by Crippen LogP contribution is -2.52. The summed E-state index contributed by atoms with van der Waals surface area (Å²) < 4.78 is 30.3. The molecular formula is C26H32FN3O5. The van der Waals surface area contributed by atoms with Crippen LogP contribution in [-0.2, 0) is 14.3 Å². The van der Waals surface area contributed by atoms with Crippen LogP contribution in [0.25, 0.3) is 0 Å². The smallest absolute Gasteiger partial charge is 0.260 e. The number of amides is 2. The fourth-order valence-corrected chi connectivity index (χ4v) is 4.19. The molecule has 2 fully saturated rings. The van der Waals surface area contributed by atoms with E-state index in [2.05, 4.69) is 4.90 Å². The molecular weight excluding hydrogens is 453 g/mol. The average molecular weight is 486 g/mol. The van der Waals surface area contributed by atoms with Gasteiger partial charge in [-0.3, -0.25) is 14.5 Å². The van der Waals surface area contributed by atoms with Gasteiger partial charge in [0.05, 0.1) is 25.9 Å². The molecule has 35 heavy (non-hydrogen) atoms. The summed E-state index contributed by atoms with van der Waals surface area (Å²) in [5.41, 5.74) is 0.424. The van der Waals surface area contributed by atoms with E-state index in [9.17, 15) is 14.0 Å². The van der Waals surface area contributed by atoms with Crippen molar-refractivity contribution < 1.29 is 28.2 Å². The van der Waals surface area contributed by atoms with Crippen LogP contribution in [0.3, 0.4) is 0 Å². The molecule has 2 aliphatic rings. The molecule has 4 rings (SSSR count). The van der Waals surface area contributed by atoms with Gasteiger partial charge in [-0.25, -0.2) is 4.39 Å². The van der Waals surface area contributed by atoms with Gasteiger partial charge in [0.25, 0.3) is 11.8 Å². The number of para-hydroxylation sites is 1. The third-order valence-corrected chi connectivity index (χ3v) is 6.19. The summed E-state index contributed by atoms with van der Waals surface area (Å²) in [5.74, 6) is -0.0432. The molecule has 2 aromatic rings. The van der Waals surface area contributed by atoms with Crippen LogP contribution in [0.15, 0.2) is 54.6 Å². The normalized spacial score (nSPS) is 18.8. The molecule has 0 saturated carbocycles. The zero-order chi connectivity index (χ0) is 24.5. The Morgan fingerprint density at radius 3 is 2.49 bits per heavy atom. The van der Waals surface area contributed by atoms with E-state index >= 15 is 0 Å². The maximum absolute atomic E-state index is 13.4. The first-order valence-corrected chi connectivity index (χ1v) is 12.0. The van der Waals surface area contributed by atoms with Crippen LogP contribution in [0.5, 0.6) is 5.75 Å². The molecule has 2 aromatic carbocycles. The molecule has 2 amide bonds. The maximum atomic E-state index is 13.4. The predicted octanol–water partition coefficient (Wildman–Crippen LogP) is 1.91. The number of hydrogen-bond acceptors (Lipinski definition) is 6. The van der Waals surface area contributed by atoms with Gasteiger partial charge in [-0.1, -0.05) is 18.2 Å². The number of ether oxygens (including phenoxy) is 3. The number of carbonyl (C=O) groups is 2. The highest BCUT2D eigenvalue weighted by atomic mass is 19.1. The van der Waals surface area contributed by atoms with Gasteiger partial charge in [0, 0.05) is 51.4 Å². The summed E-state index contributed by atoms with van der Waals surface area (Å²) in [4.78, 5) is 31.7. The Morgan fingerprint density at radius 2 is 1.74 bits per heavy atom. The molecule has 2 aliphatic heterocycles. The van der Waals surface area contributed by atoms with Gasteiger partial charge >= 0.3 is 0 Å². The Balaban J connectivity index is 1.36. The monoisotopic (exact) mass is 485 g/mol. The lowest BCUT2D eigenvalue weighted by atomic mass is 10.1. The van der Waals surface area contributed by atoms with Crippen LogP contribution in [-0.4, -0.2) is 105 Å². The van der Waals surface area contributed by atoms with E-state index in [1.54, 1.807) is 9.80 Å². The van der Waals surface area contributed by atoms with Crippen LogP contribution < -0.4 is 4.74 Å². The summed E-state index contributed by atoms with van der Waals surface area (Å²) in [6, 6.07) is 14.8. The second-order valence-electron chi connectivity index (χ2n) is 8.65. The second kappa shape index (κ2) is 12.6. The minimum Gasteiger partial charge on any atom is -0.484 e. The molecule has 188 valence electrons. The summed E-state index contributed by atoms with van der Waals surface area (Å²) in [7, 11) is 0. The molecule has 9 heteroatoms. The molecule has 0 N–H and O–H groups in total. The number of morpholine rings is 2. The van der Waals surface area contributed by atoms with Crippen LogP contribution >= 0.6 is 0 Å². The Kier molecular flexibility index (Phi) is 9.05. The Labute approximate surface area is 205 Å². The lowest BCUT2D eigenvalue weighted by Gasteiger charge is -2.36. The SMILES string of the molecule is O=C(COc1ccccc1)N1CCOC(CN(CCN2CCOCC2)C(=O)c2ccc(F)cc2)C1. The number of benzene rings is 2. The van der Waals surface area contributed by atoms with Gasteiger partial charge < -0.3 is 24.0 Å². The highest BCUT2D eigenvalue weighted by Crippen LogP contribution is 2.14.